The van der Waals surface area contributed by atoms with E-state index in [1.807, 2.05) is 0 Å². The first-order valence-corrected chi connectivity index (χ1v) is 15.3. The van der Waals surface area contributed by atoms with E-state index in [-0.39, 0.29) is 33.6 Å². The van der Waals surface area contributed by atoms with Crippen LogP contribution in [0.1, 0.15) is 84.9 Å². The molecule has 8 atom stereocenters. The molecule has 0 radical (unpaired) electrons. The van der Waals surface area contributed by atoms with Crippen LogP contribution < -0.4 is 10.1 Å². The van der Waals surface area contributed by atoms with E-state index in [9.17, 15) is 59.3 Å². The predicted octanol–water partition coefficient (Wildman–Crippen LogP) is 1.68. The molecular formula is C34H32FNO14. The molecule has 0 spiro atoms. The van der Waals surface area contributed by atoms with Crippen LogP contribution in [-0.2, 0) is 14.3 Å². The number of carboxylic acids is 1. The first-order chi connectivity index (χ1) is 23.5. The topological polar surface area (TPSA) is 250 Å². The highest BCUT2D eigenvalue weighted by Gasteiger charge is 2.48. The van der Waals surface area contributed by atoms with Gasteiger partial charge in [-0.3, -0.25) is 19.2 Å². The molecule has 6 unspecified atom stereocenters. The number of phenolic OH excluding ortho intramolecular Hbond substituents is 3. The number of alkyl halides is 1. The SMILES string of the molecule is COc1cc(O)c2c(c1)C(=O)c1c(cc3c(c1O)-c1c(cc(C)c(C(=O)NC(C)C(=O)O)c1O)[C@H](OC1OC(C)C(F)C(O)C1O)[C@H]3O)C2=O. The lowest BCUT2D eigenvalue weighted by Crippen LogP contribution is -2.56. The van der Waals surface area contributed by atoms with Crippen LogP contribution in [0, 0.1) is 6.92 Å². The number of methoxy groups -OCH3 is 1. The van der Waals surface area contributed by atoms with Crippen LogP contribution in [0.5, 0.6) is 23.0 Å². The highest BCUT2D eigenvalue weighted by molar-refractivity contribution is 6.31. The highest BCUT2D eigenvalue weighted by atomic mass is 19.1. The number of nitrogens with one attached hydrogen (secondary N) is 1. The minimum absolute atomic E-state index is 0.0223. The number of benzene rings is 3. The van der Waals surface area contributed by atoms with Crippen molar-refractivity contribution in [1.29, 1.82) is 0 Å². The predicted molar refractivity (Wildman–Crippen MR) is 166 cm³/mol. The molecule has 3 aromatic rings. The number of carbonyl (C=O) groups excluding carboxylic acids is 3. The molecule has 1 amide bonds. The van der Waals surface area contributed by atoms with Crippen LogP contribution >= 0.6 is 0 Å². The van der Waals surface area contributed by atoms with Crippen molar-refractivity contribution < 1.29 is 73.5 Å². The third kappa shape index (κ3) is 5.14. The smallest absolute Gasteiger partial charge is 0.325 e. The number of aryl methyl sites for hydroxylation is 1. The Balaban J connectivity index is 1.60. The molecule has 264 valence electrons. The number of aliphatic carboxylic acids is 1. The maximum absolute atomic E-state index is 14.4. The molecule has 15 nitrogen and oxygen atoms in total. The van der Waals surface area contributed by atoms with Gasteiger partial charge < -0.3 is 55.3 Å². The molecule has 0 bridgehead atoms. The van der Waals surface area contributed by atoms with Crippen LogP contribution in [0.2, 0.25) is 0 Å². The number of fused-ring (bicyclic) bond motifs is 5. The number of carboxylic acid groups (broad SMARTS) is 1. The fourth-order valence-corrected chi connectivity index (χ4v) is 6.66. The molecule has 0 aromatic heterocycles. The molecule has 0 saturated carbocycles. The summed E-state index contributed by atoms with van der Waals surface area (Å²) in [6.45, 7) is 3.82. The van der Waals surface area contributed by atoms with Crippen molar-refractivity contribution in [3.05, 3.63) is 68.8 Å². The molecular weight excluding hydrogens is 665 g/mol. The highest BCUT2D eigenvalue weighted by Crippen LogP contribution is 2.57. The standard InChI is InChI=1S/C34H32FNO14/c1-9-5-16-21(27(41)18(9)32(45)36-10(2)33(46)47)20-14(26(40)31(16)50-34-30(44)29(43)23(35)11(3)49-34)8-15-22(28(20)42)25(39)13-6-12(48-4)7-17(37)19(13)24(15)38/h5-8,10-11,23,26,29-31,34,37,40-44H,1-4H3,(H,36,45)(H,46,47)/t10?,11?,23?,26-,29?,30?,31-,34?/m0/s1. The summed E-state index contributed by atoms with van der Waals surface area (Å²) in [5, 5.41) is 78.5. The second kappa shape index (κ2) is 12.3. The van der Waals surface area contributed by atoms with E-state index in [0.29, 0.717) is 0 Å². The number of phenols is 3. The number of halogens is 1. The zero-order valence-electron chi connectivity index (χ0n) is 26.8. The fraction of sp³-hybridized carbons (Fsp3) is 0.353. The van der Waals surface area contributed by atoms with Crippen LogP contribution in [0.4, 0.5) is 4.39 Å². The zero-order valence-corrected chi connectivity index (χ0v) is 26.8. The Morgan fingerprint density at radius 2 is 1.52 bits per heavy atom. The van der Waals surface area contributed by atoms with Gasteiger partial charge in [0.2, 0.25) is 0 Å². The number of ether oxygens (including phenoxy) is 3. The second-order valence-electron chi connectivity index (χ2n) is 12.4. The van der Waals surface area contributed by atoms with E-state index < -0.39 is 118 Å². The van der Waals surface area contributed by atoms with Gasteiger partial charge in [-0.2, -0.15) is 0 Å². The van der Waals surface area contributed by atoms with E-state index in [2.05, 4.69) is 5.32 Å². The van der Waals surface area contributed by atoms with E-state index in [0.717, 1.165) is 12.1 Å². The summed E-state index contributed by atoms with van der Waals surface area (Å²) in [5.41, 5.74) is -3.37. The van der Waals surface area contributed by atoms with E-state index in [1.165, 1.54) is 40.0 Å². The lowest BCUT2D eigenvalue weighted by Gasteiger charge is -2.42. The van der Waals surface area contributed by atoms with E-state index >= 15 is 0 Å². The van der Waals surface area contributed by atoms with Gasteiger partial charge in [-0.25, -0.2) is 4.39 Å². The molecule has 1 heterocycles. The normalized spacial score (nSPS) is 25.9. The summed E-state index contributed by atoms with van der Waals surface area (Å²) < 4.78 is 31.0. The maximum Gasteiger partial charge on any atom is 0.325 e. The van der Waals surface area contributed by atoms with Crippen molar-refractivity contribution in [2.45, 2.75) is 69.8 Å². The summed E-state index contributed by atoms with van der Waals surface area (Å²) in [7, 11) is 1.26. The van der Waals surface area contributed by atoms with Gasteiger partial charge in [-0.15, -0.1) is 0 Å². The summed E-state index contributed by atoms with van der Waals surface area (Å²) in [6, 6.07) is 3.19. The van der Waals surface area contributed by atoms with Gasteiger partial charge >= 0.3 is 5.97 Å². The van der Waals surface area contributed by atoms with Crippen LogP contribution in [-0.4, -0.2) is 103 Å². The number of aromatic hydroxyl groups is 3. The third-order valence-electron chi connectivity index (χ3n) is 9.27. The van der Waals surface area contributed by atoms with Gasteiger partial charge in [0.1, 0.15) is 53.5 Å². The number of aliphatic hydroxyl groups is 3. The van der Waals surface area contributed by atoms with Crippen molar-refractivity contribution >= 4 is 23.4 Å². The van der Waals surface area contributed by atoms with E-state index in [1.54, 1.807) is 0 Å². The van der Waals surface area contributed by atoms with Gasteiger partial charge in [0.25, 0.3) is 5.91 Å². The third-order valence-corrected chi connectivity index (χ3v) is 9.27. The lowest BCUT2D eigenvalue weighted by molar-refractivity contribution is -0.304. The maximum atomic E-state index is 14.4. The number of amides is 1. The zero-order chi connectivity index (χ0) is 36.7. The van der Waals surface area contributed by atoms with Crippen molar-refractivity contribution in [1.82, 2.24) is 5.32 Å². The molecule has 1 fully saturated rings. The van der Waals surface area contributed by atoms with Crippen LogP contribution in [0.25, 0.3) is 11.1 Å². The lowest BCUT2D eigenvalue weighted by atomic mass is 9.74. The molecule has 2 aliphatic carbocycles. The second-order valence-corrected chi connectivity index (χ2v) is 12.4. The number of aliphatic hydroxyl groups excluding tert-OH is 3. The number of carbonyl (C=O) groups is 4. The monoisotopic (exact) mass is 697 g/mol. The van der Waals surface area contributed by atoms with Gasteiger partial charge in [-0.1, -0.05) is 6.07 Å². The average molecular weight is 698 g/mol. The first-order valence-electron chi connectivity index (χ1n) is 15.3. The summed E-state index contributed by atoms with van der Waals surface area (Å²) in [4.78, 5) is 52.4. The minimum atomic E-state index is -2.00. The molecule has 3 aromatic carbocycles. The summed E-state index contributed by atoms with van der Waals surface area (Å²) >= 11 is 0. The number of ketones is 2. The molecule has 16 heteroatoms. The van der Waals surface area contributed by atoms with Crippen LogP contribution in [0.3, 0.4) is 0 Å². The van der Waals surface area contributed by atoms with Crippen LogP contribution in [0.15, 0.2) is 24.3 Å². The molecule has 1 aliphatic heterocycles. The number of rotatable bonds is 6. The van der Waals surface area contributed by atoms with Gasteiger partial charge in [0.15, 0.2) is 24.0 Å². The molecule has 6 rings (SSSR count). The van der Waals surface area contributed by atoms with Gasteiger partial charge in [0.05, 0.1) is 29.9 Å². The summed E-state index contributed by atoms with van der Waals surface area (Å²) in [6.07, 6.45) is -12.5. The van der Waals surface area contributed by atoms with Crippen molar-refractivity contribution in [3.8, 4) is 34.1 Å². The number of hydrogen-bond acceptors (Lipinski definition) is 13. The minimum Gasteiger partial charge on any atom is -0.507 e. The Bertz CT molecular complexity index is 2000. The largest absolute Gasteiger partial charge is 0.507 e. The molecule has 8 N–H and O–H groups in total. The Morgan fingerprint density at radius 1 is 0.900 bits per heavy atom. The molecule has 50 heavy (non-hydrogen) atoms. The Kier molecular flexibility index (Phi) is 8.56. The Hall–Kier alpha value is -5.13. The average Bonchev–Trinajstić information content (AvgIpc) is 3.06. The summed E-state index contributed by atoms with van der Waals surface area (Å²) in [5.74, 6) is -6.60. The molecule has 1 saturated heterocycles. The number of hydrogen-bond donors (Lipinski definition) is 8. The van der Waals surface area contributed by atoms with E-state index in [4.69, 9.17) is 14.2 Å². The van der Waals surface area contributed by atoms with Crippen molar-refractivity contribution in [2.24, 2.45) is 0 Å². The molecule has 3 aliphatic rings. The van der Waals surface area contributed by atoms with Crippen molar-refractivity contribution in [3.63, 3.8) is 0 Å². The quantitative estimate of drug-likeness (QED) is 0.143. The fourth-order valence-electron chi connectivity index (χ4n) is 6.66. The van der Waals surface area contributed by atoms with Gasteiger partial charge in [0, 0.05) is 28.3 Å². The van der Waals surface area contributed by atoms with Crippen molar-refractivity contribution in [2.75, 3.05) is 7.11 Å². The Labute approximate surface area is 282 Å². The Morgan fingerprint density at radius 3 is 2.16 bits per heavy atom. The van der Waals surface area contributed by atoms with Gasteiger partial charge in [-0.05, 0) is 49.6 Å². The first kappa shape index (κ1) is 34.7.